The molecule has 1 aromatic heterocycles. The van der Waals surface area contributed by atoms with Crippen LogP contribution >= 0.6 is 11.6 Å². The van der Waals surface area contributed by atoms with Gasteiger partial charge in [0.05, 0.1) is 24.8 Å². The van der Waals surface area contributed by atoms with E-state index >= 15 is 0 Å². The Bertz CT molecular complexity index is 350. The molecule has 102 valence electrons. The van der Waals surface area contributed by atoms with Gasteiger partial charge in [-0.15, -0.1) is 0 Å². The summed E-state index contributed by atoms with van der Waals surface area (Å²) in [6.45, 7) is 2.77. The number of rotatable bonds is 9. The summed E-state index contributed by atoms with van der Waals surface area (Å²) in [7, 11) is 1.65. The Hall–Kier alpha value is -0.880. The van der Waals surface area contributed by atoms with Crippen LogP contribution in [0.2, 0.25) is 5.02 Å². The van der Waals surface area contributed by atoms with E-state index in [-0.39, 0.29) is 0 Å². The Balaban J connectivity index is 2.19. The minimum atomic E-state index is 0.373. The van der Waals surface area contributed by atoms with Crippen LogP contribution in [0.1, 0.15) is 12.0 Å². The largest absolute Gasteiger partial charge is 0.478 e. The molecule has 18 heavy (non-hydrogen) atoms. The maximum Gasteiger partial charge on any atom is 0.213 e. The maximum absolute atomic E-state index is 5.90. The van der Waals surface area contributed by atoms with E-state index in [1.54, 1.807) is 19.4 Å². The lowest BCUT2D eigenvalue weighted by Gasteiger charge is -2.08. The third-order valence-corrected chi connectivity index (χ3v) is 2.58. The number of nitrogens with two attached hydrogens (primary N) is 1. The highest BCUT2D eigenvalue weighted by atomic mass is 35.5. The summed E-state index contributed by atoms with van der Waals surface area (Å²) in [5, 5.41) is 0.563. The van der Waals surface area contributed by atoms with Crippen molar-refractivity contribution in [3.8, 4) is 5.88 Å². The Morgan fingerprint density at radius 2 is 2.11 bits per heavy atom. The molecule has 1 rings (SSSR count). The lowest BCUT2D eigenvalue weighted by Crippen LogP contribution is -2.07. The molecule has 0 spiro atoms. The summed E-state index contributed by atoms with van der Waals surface area (Å²) in [6, 6.07) is 1.76. The number of aromatic nitrogens is 1. The van der Waals surface area contributed by atoms with Crippen molar-refractivity contribution in [2.24, 2.45) is 5.73 Å². The summed E-state index contributed by atoms with van der Waals surface area (Å²) in [4.78, 5) is 4.06. The molecule has 0 aliphatic carbocycles. The molecule has 0 aliphatic heterocycles. The van der Waals surface area contributed by atoms with Gasteiger partial charge in [-0.3, -0.25) is 0 Å². The first-order valence-corrected chi connectivity index (χ1v) is 6.19. The van der Waals surface area contributed by atoms with Crippen LogP contribution in [0.15, 0.2) is 12.3 Å². The molecule has 0 saturated heterocycles. The van der Waals surface area contributed by atoms with Crippen molar-refractivity contribution in [3.05, 3.63) is 22.8 Å². The summed E-state index contributed by atoms with van der Waals surface area (Å²) < 4.78 is 15.6. The van der Waals surface area contributed by atoms with Crippen LogP contribution < -0.4 is 10.5 Å². The zero-order valence-electron chi connectivity index (χ0n) is 10.5. The number of methoxy groups -OCH3 is 1. The lowest BCUT2D eigenvalue weighted by atomic mass is 10.3. The molecule has 1 aromatic rings. The molecule has 0 saturated carbocycles. The zero-order valence-corrected chi connectivity index (χ0v) is 11.3. The molecule has 5 nitrogen and oxygen atoms in total. The van der Waals surface area contributed by atoms with Gasteiger partial charge in [0, 0.05) is 38.9 Å². The molecule has 0 radical (unpaired) electrons. The number of halogens is 1. The second-order valence-corrected chi connectivity index (χ2v) is 4.03. The Kier molecular flexibility index (Phi) is 7.68. The first kappa shape index (κ1) is 15.2. The molecule has 0 amide bonds. The van der Waals surface area contributed by atoms with Gasteiger partial charge in [0.2, 0.25) is 5.88 Å². The minimum Gasteiger partial charge on any atom is -0.478 e. The molecule has 6 heteroatoms. The van der Waals surface area contributed by atoms with Crippen LogP contribution in [-0.2, 0) is 16.0 Å². The first-order valence-electron chi connectivity index (χ1n) is 5.82. The zero-order chi connectivity index (χ0) is 13.2. The van der Waals surface area contributed by atoms with Crippen LogP contribution in [0.25, 0.3) is 0 Å². The standard InChI is InChI=1S/C12H19ClN2O3/c1-16-5-6-17-3-2-4-18-12-7-10(8-14)11(13)9-15-12/h7,9H,2-6,8,14H2,1H3. The smallest absolute Gasteiger partial charge is 0.213 e. The molecule has 0 aromatic carbocycles. The molecule has 1 heterocycles. The van der Waals surface area contributed by atoms with Gasteiger partial charge in [-0.2, -0.15) is 0 Å². The topological polar surface area (TPSA) is 66.6 Å². The number of pyridine rings is 1. The van der Waals surface area contributed by atoms with Gasteiger partial charge in [0.1, 0.15) is 0 Å². The highest BCUT2D eigenvalue weighted by Gasteiger charge is 2.02. The molecular formula is C12H19ClN2O3. The van der Waals surface area contributed by atoms with Crippen molar-refractivity contribution in [3.63, 3.8) is 0 Å². The van der Waals surface area contributed by atoms with Crippen molar-refractivity contribution in [1.29, 1.82) is 0 Å². The first-order chi connectivity index (χ1) is 8.77. The van der Waals surface area contributed by atoms with E-state index in [0.717, 1.165) is 12.0 Å². The highest BCUT2D eigenvalue weighted by molar-refractivity contribution is 6.31. The Morgan fingerprint density at radius 1 is 1.28 bits per heavy atom. The van der Waals surface area contributed by atoms with E-state index in [2.05, 4.69) is 4.98 Å². The molecule has 0 unspecified atom stereocenters. The van der Waals surface area contributed by atoms with Gasteiger partial charge < -0.3 is 19.9 Å². The average molecular weight is 275 g/mol. The Morgan fingerprint density at radius 3 is 2.83 bits per heavy atom. The number of ether oxygens (including phenoxy) is 3. The lowest BCUT2D eigenvalue weighted by molar-refractivity contribution is 0.0642. The van der Waals surface area contributed by atoms with Crippen molar-refractivity contribution in [2.45, 2.75) is 13.0 Å². The van der Waals surface area contributed by atoms with Gasteiger partial charge in [0.15, 0.2) is 0 Å². The fourth-order valence-electron chi connectivity index (χ4n) is 1.28. The van der Waals surface area contributed by atoms with E-state index < -0.39 is 0 Å². The summed E-state index contributed by atoms with van der Waals surface area (Å²) >= 11 is 5.90. The number of nitrogens with zero attached hydrogens (tertiary/aromatic N) is 1. The summed E-state index contributed by atoms with van der Waals surface area (Å²) in [5.41, 5.74) is 6.37. The molecule has 0 bridgehead atoms. The second kappa shape index (κ2) is 9.10. The van der Waals surface area contributed by atoms with Crippen LogP contribution in [-0.4, -0.2) is 38.5 Å². The number of hydrogen-bond donors (Lipinski definition) is 1. The number of hydrogen-bond acceptors (Lipinski definition) is 5. The van der Waals surface area contributed by atoms with E-state index in [1.165, 1.54) is 0 Å². The van der Waals surface area contributed by atoms with E-state index in [1.807, 2.05) is 0 Å². The third kappa shape index (κ3) is 5.64. The van der Waals surface area contributed by atoms with Crippen LogP contribution in [0.3, 0.4) is 0 Å². The van der Waals surface area contributed by atoms with Crippen LogP contribution in [0, 0.1) is 0 Å². The minimum absolute atomic E-state index is 0.373. The molecule has 0 fully saturated rings. The molecule has 0 atom stereocenters. The SMILES string of the molecule is COCCOCCCOc1cc(CN)c(Cl)cn1. The fourth-order valence-corrected chi connectivity index (χ4v) is 1.46. The fraction of sp³-hybridized carbons (Fsp3) is 0.583. The highest BCUT2D eigenvalue weighted by Crippen LogP contribution is 2.18. The molecule has 0 aliphatic rings. The quantitative estimate of drug-likeness (QED) is 0.693. The molecular weight excluding hydrogens is 256 g/mol. The van der Waals surface area contributed by atoms with Crippen molar-refractivity contribution >= 4 is 11.6 Å². The van der Waals surface area contributed by atoms with Gasteiger partial charge in [-0.05, 0) is 5.56 Å². The maximum atomic E-state index is 5.90. The van der Waals surface area contributed by atoms with E-state index in [9.17, 15) is 0 Å². The van der Waals surface area contributed by atoms with Crippen molar-refractivity contribution < 1.29 is 14.2 Å². The van der Waals surface area contributed by atoms with Crippen LogP contribution in [0.4, 0.5) is 0 Å². The average Bonchev–Trinajstić information content (AvgIpc) is 2.39. The second-order valence-electron chi connectivity index (χ2n) is 3.63. The Labute approximate surface area is 112 Å². The third-order valence-electron chi connectivity index (χ3n) is 2.24. The van der Waals surface area contributed by atoms with Crippen molar-refractivity contribution in [2.75, 3.05) is 33.5 Å². The van der Waals surface area contributed by atoms with Gasteiger partial charge >= 0.3 is 0 Å². The van der Waals surface area contributed by atoms with E-state index in [0.29, 0.717) is 43.9 Å². The predicted octanol–water partition coefficient (Wildman–Crippen LogP) is 1.63. The summed E-state index contributed by atoms with van der Waals surface area (Å²) in [5.74, 6) is 0.539. The van der Waals surface area contributed by atoms with Gasteiger partial charge in [-0.1, -0.05) is 11.6 Å². The predicted molar refractivity (Wildman–Crippen MR) is 69.9 cm³/mol. The van der Waals surface area contributed by atoms with Crippen molar-refractivity contribution in [1.82, 2.24) is 4.98 Å². The van der Waals surface area contributed by atoms with E-state index in [4.69, 9.17) is 31.5 Å². The monoisotopic (exact) mass is 274 g/mol. The van der Waals surface area contributed by atoms with Gasteiger partial charge in [-0.25, -0.2) is 4.98 Å². The van der Waals surface area contributed by atoms with Gasteiger partial charge in [0.25, 0.3) is 0 Å². The summed E-state index contributed by atoms with van der Waals surface area (Å²) in [6.07, 6.45) is 2.35. The molecule has 2 N–H and O–H groups in total. The van der Waals surface area contributed by atoms with Crippen LogP contribution in [0.5, 0.6) is 5.88 Å². The normalized spacial score (nSPS) is 10.6.